The summed E-state index contributed by atoms with van der Waals surface area (Å²) in [5.74, 6) is 0.702. The number of nitrogens with one attached hydrogen (secondary N) is 1. The van der Waals surface area contributed by atoms with Crippen LogP contribution in [0.2, 0.25) is 0 Å². The van der Waals surface area contributed by atoms with Crippen LogP contribution >= 0.6 is 0 Å². The van der Waals surface area contributed by atoms with Crippen LogP contribution in [0.3, 0.4) is 0 Å². The number of hydrogen-bond donors (Lipinski definition) is 1. The molecule has 0 bridgehead atoms. The third-order valence-electron chi connectivity index (χ3n) is 3.50. The molecule has 0 heterocycles. The molecule has 0 spiro atoms. The van der Waals surface area contributed by atoms with Crippen molar-refractivity contribution in [3.05, 3.63) is 53.3 Å². The van der Waals surface area contributed by atoms with E-state index in [1.807, 2.05) is 13.0 Å². The first kappa shape index (κ1) is 16.8. The fourth-order valence-electron chi connectivity index (χ4n) is 2.27. The van der Waals surface area contributed by atoms with Crippen LogP contribution in [0.1, 0.15) is 17.5 Å². The lowest BCUT2D eigenvalue weighted by molar-refractivity contribution is -0.116. The van der Waals surface area contributed by atoms with E-state index >= 15 is 0 Å². The second-order valence-corrected chi connectivity index (χ2v) is 5.21. The summed E-state index contributed by atoms with van der Waals surface area (Å²) < 4.78 is 24.1. The molecule has 0 aliphatic rings. The molecular weight excluding hydrogens is 297 g/mol. The van der Waals surface area contributed by atoms with Crippen molar-refractivity contribution in [2.75, 3.05) is 19.5 Å². The maximum atomic E-state index is 13.7. The van der Waals surface area contributed by atoms with E-state index < -0.39 is 5.82 Å². The molecule has 0 saturated heterocycles. The van der Waals surface area contributed by atoms with Crippen LogP contribution in [0.25, 0.3) is 0 Å². The van der Waals surface area contributed by atoms with E-state index in [1.54, 1.807) is 38.5 Å². The number of carbonyl (C=O) groups excluding carboxylic acids is 1. The van der Waals surface area contributed by atoms with Gasteiger partial charge in [0.1, 0.15) is 17.3 Å². The number of rotatable bonds is 6. The second-order valence-electron chi connectivity index (χ2n) is 5.21. The molecule has 1 N–H and O–H groups in total. The highest BCUT2D eigenvalue weighted by atomic mass is 19.1. The van der Waals surface area contributed by atoms with Crippen LogP contribution in [0, 0.1) is 12.7 Å². The summed E-state index contributed by atoms with van der Waals surface area (Å²) in [7, 11) is 3.16. The van der Waals surface area contributed by atoms with Crippen LogP contribution < -0.4 is 14.8 Å². The molecule has 0 unspecified atom stereocenters. The summed E-state index contributed by atoms with van der Waals surface area (Å²) in [6, 6.07) is 10.0. The van der Waals surface area contributed by atoms with Crippen LogP contribution in [0.5, 0.6) is 11.5 Å². The molecule has 0 aliphatic carbocycles. The number of benzene rings is 2. The Labute approximate surface area is 135 Å². The number of anilines is 1. The molecule has 122 valence electrons. The highest BCUT2D eigenvalue weighted by Crippen LogP contribution is 2.25. The van der Waals surface area contributed by atoms with E-state index in [2.05, 4.69) is 5.32 Å². The van der Waals surface area contributed by atoms with Gasteiger partial charge in [-0.15, -0.1) is 0 Å². The van der Waals surface area contributed by atoms with Crippen molar-refractivity contribution < 1.29 is 18.7 Å². The first-order valence-electron chi connectivity index (χ1n) is 7.30. The van der Waals surface area contributed by atoms with Crippen LogP contribution in [0.15, 0.2) is 36.4 Å². The van der Waals surface area contributed by atoms with Crippen molar-refractivity contribution in [3.8, 4) is 11.5 Å². The number of halogens is 1. The topological polar surface area (TPSA) is 47.6 Å². The Hall–Kier alpha value is -2.56. The van der Waals surface area contributed by atoms with E-state index in [0.29, 0.717) is 17.9 Å². The molecule has 4 nitrogen and oxygen atoms in total. The first-order valence-corrected chi connectivity index (χ1v) is 7.30. The molecule has 0 saturated carbocycles. The summed E-state index contributed by atoms with van der Waals surface area (Å²) in [5.41, 5.74) is 1.95. The van der Waals surface area contributed by atoms with E-state index in [9.17, 15) is 9.18 Å². The van der Waals surface area contributed by atoms with Crippen molar-refractivity contribution in [2.24, 2.45) is 0 Å². The standard InChI is InChI=1S/C18H20FNO3/c1-12-4-7-15(19)16(10-12)20-18(21)9-5-13-11-14(22-2)6-8-17(13)23-3/h4,6-8,10-11H,5,9H2,1-3H3,(H,20,21). The van der Waals surface area contributed by atoms with Gasteiger partial charge in [0, 0.05) is 6.42 Å². The largest absolute Gasteiger partial charge is 0.497 e. The summed E-state index contributed by atoms with van der Waals surface area (Å²) in [6.45, 7) is 1.84. The Morgan fingerprint density at radius 1 is 1.13 bits per heavy atom. The molecule has 2 aromatic rings. The highest BCUT2D eigenvalue weighted by Gasteiger charge is 2.10. The molecule has 2 aromatic carbocycles. The predicted octanol–water partition coefficient (Wildman–Crippen LogP) is 3.72. The van der Waals surface area contributed by atoms with E-state index in [4.69, 9.17) is 9.47 Å². The minimum atomic E-state index is -0.442. The maximum Gasteiger partial charge on any atom is 0.224 e. The Balaban J connectivity index is 2.03. The lowest BCUT2D eigenvalue weighted by Gasteiger charge is -2.11. The second kappa shape index (κ2) is 7.63. The number of carbonyl (C=O) groups is 1. The molecule has 5 heteroatoms. The zero-order valence-corrected chi connectivity index (χ0v) is 13.5. The Morgan fingerprint density at radius 2 is 1.91 bits per heavy atom. The van der Waals surface area contributed by atoms with Crippen molar-refractivity contribution in [2.45, 2.75) is 19.8 Å². The van der Waals surface area contributed by atoms with E-state index in [0.717, 1.165) is 11.1 Å². The van der Waals surface area contributed by atoms with Gasteiger partial charge in [-0.05, 0) is 54.8 Å². The van der Waals surface area contributed by atoms with Gasteiger partial charge in [-0.25, -0.2) is 4.39 Å². The van der Waals surface area contributed by atoms with Gasteiger partial charge in [0.25, 0.3) is 0 Å². The lowest BCUT2D eigenvalue weighted by Crippen LogP contribution is -2.13. The molecule has 2 rings (SSSR count). The Morgan fingerprint density at radius 3 is 2.61 bits per heavy atom. The third kappa shape index (κ3) is 4.45. The fraction of sp³-hybridized carbons (Fsp3) is 0.278. The predicted molar refractivity (Wildman–Crippen MR) is 87.6 cm³/mol. The third-order valence-corrected chi connectivity index (χ3v) is 3.50. The molecule has 0 radical (unpaired) electrons. The molecule has 0 aromatic heterocycles. The Bertz CT molecular complexity index is 701. The van der Waals surface area contributed by atoms with Crippen LogP contribution in [-0.2, 0) is 11.2 Å². The number of methoxy groups -OCH3 is 2. The average molecular weight is 317 g/mol. The molecule has 0 aliphatic heterocycles. The number of amides is 1. The van der Waals surface area contributed by atoms with E-state index in [-0.39, 0.29) is 18.0 Å². The zero-order chi connectivity index (χ0) is 16.8. The highest BCUT2D eigenvalue weighted by molar-refractivity contribution is 5.91. The number of ether oxygens (including phenoxy) is 2. The van der Waals surface area contributed by atoms with Crippen molar-refractivity contribution in [1.29, 1.82) is 0 Å². The minimum Gasteiger partial charge on any atom is -0.497 e. The van der Waals surface area contributed by atoms with E-state index in [1.165, 1.54) is 6.07 Å². The normalized spacial score (nSPS) is 10.3. The van der Waals surface area contributed by atoms with Gasteiger partial charge in [0.15, 0.2) is 0 Å². The molecule has 23 heavy (non-hydrogen) atoms. The zero-order valence-electron chi connectivity index (χ0n) is 13.5. The number of hydrogen-bond acceptors (Lipinski definition) is 3. The van der Waals surface area contributed by atoms with Gasteiger partial charge < -0.3 is 14.8 Å². The van der Waals surface area contributed by atoms with Crippen LogP contribution in [0.4, 0.5) is 10.1 Å². The summed E-state index contributed by atoms with van der Waals surface area (Å²) in [6.07, 6.45) is 0.691. The lowest BCUT2D eigenvalue weighted by atomic mass is 10.1. The molecule has 1 amide bonds. The summed E-state index contributed by atoms with van der Waals surface area (Å²) in [5, 5.41) is 2.60. The maximum absolute atomic E-state index is 13.7. The van der Waals surface area contributed by atoms with Gasteiger partial charge in [0.2, 0.25) is 5.91 Å². The number of aryl methyl sites for hydroxylation is 2. The first-order chi connectivity index (χ1) is 11.0. The van der Waals surface area contributed by atoms with Gasteiger partial charge in [0.05, 0.1) is 19.9 Å². The van der Waals surface area contributed by atoms with Crippen LogP contribution in [-0.4, -0.2) is 20.1 Å². The SMILES string of the molecule is COc1ccc(OC)c(CCC(=O)Nc2cc(C)ccc2F)c1. The van der Waals surface area contributed by atoms with Crippen molar-refractivity contribution in [1.82, 2.24) is 0 Å². The smallest absolute Gasteiger partial charge is 0.224 e. The summed E-state index contributed by atoms with van der Waals surface area (Å²) in [4.78, 5) is 12.1. The van der Waals surface area contributed by atoms with Crippen molar-refractivity contribution in [3.63, 3.8) is 0 Å². The quantitative estimate of drug-likeness (QED) is 0.883. The summed E-state index contributed by atoms with van der Waals surface area (Å²) >= 11 is 0. The molecular formula is C18H20FNO3. The average Bonchev–Trinajstić information content (AvgIpc) is 2.56. The Kier molecular flexibility index (Phi) is 5.57. The fourth-order valence-corrected chi connectivity index (χ4v) is 2.27. The van der Waals surface area contributed by atoms with Gasteiger partial charge in [-0.2, -0.15) is 0 Å². The molecule has 0 fully saturated rings. The monoisotopic (exact) mass is 317 g/mol. The molecule has 0 atom stereocenters. The van der Waals surface area contributed by atoms with Gasteiger partial charge in [-0.1, -0.05) is 6.07 Å². The van der Waals surface area contributed by atoms with Crippen molar-refractivity contribution >= 4 is 11.6 Å². The van der Waals surface area contributed by atoms with Gasteiger partial charge in [-0.3, -0.25) is 4.79 Å². The minimum absolute atomic E-state index is 0.201. The van der Waals surface area contributed by atoms with Gasteiger partial charge >= 0.3 is 0 Å².